The Morgan fingerprint density at radius 2 is 1.15 bits per heavy atom. The van der Waals surface area contributed by atoms with Gasteiger partial charge in [0.15, 0.2) is 0 Å². The second-order valence-corrected chi connectivity index (χ2v) is 8.70. The monoisotopic (exact) mass is 343 g/mol. The van der Waals surface area contributed by atoms with Gasteiger partial charge in [0.05, 0.1) is 11.1 Å². The van der Waals surface area contributed by atoms with E-state index in [1.165, 1.54) is 19.3 Å². The molecule has 4 bridgehead atoms. The minimum Gasteiger partial charge on any atom is -0.272 e. The quantitative estimate of drug-likeness (QED) is 0.698. The van der Waals surface area contributed by atoms with Crippen LogP contribution >= 0.6 is 0 Å². The standard InChI is InChI=1S/C24H25NO/c26-23(24-14-17-11-18(15-24)13-19(12-17)16-24)25-22(20-7-3-1-4-8-20)21-9-5-2-6-10-21/h1-10,17-19H,11-16H2. The molecule has 2 aromatic carbocycles. The number of amides is 1. The van der Waals surface area contributed by atoms with E-state index in [-0.39, 0.29) is 11.3 Å². The highest BCUT2D eigenvalue weighted by atomic mass is 16.1. The maximum absolute atomic E-state index is 13.5. The molecule has 132 valence electrons. The molecule has 0 aliphatic heterocycles. The van der Waals surface area contributed by atoms with E-state index in [9.17, 15) is 4.79 Å². The summed E-state index contributed by atoms with van der Waals surface area (Å²) >= 11 is 0. The van der Waals surface area contributed by atoms with Crippen LogP contribution in [0.2, 0.25) is 0 Å². The van der Waals surface area contributed by atoms with Gasteiger partial charge in [0.25, 0.3) is 5.91 Å². The Bertz CT molecular complexity index is 760. The Morgan fingerprint density at radius 3 is 1.58 bits per heavy atom. The molecule has 4 aliphatic carbocycles. The summed E-state index contributed by atoms with van der Waals surface area (Å²) in [6.07, 6.45) is 7.25. The van der Waals surface area contributed by atoms with Crippen LogP contribution in [0.1, 0.15) is 49.7 Å². The molecule has 1 amide bonds. The lowest BCUT2D eigenvalue weighted by molar-refractivity contribution is -0.142. The third-order valence-corrected chi connectivity index (χ3v) is 6.80. The summed E-state index contributed by atoms with van der Waals surface area (Å²) in [6.45, 7) is 0. The number of hydrogen-bond acceptors (Lipinski definition) is 1. The van der Waals surface area contributed by atoms with E-state index >= 15 is 0 Å². The first-order valence-electron chi connectivity index (χ1n) is 9.96. The van der Waals surface area contributed by atoms with Gasteiger partial charge in [0, 0.05) is 11.1 Å². The van der Waals surface area contributed by atoms with Crippen molar-refractivity contribution in [2.24, 2.45) is 28.2 Å². The molecule has 0 N–H and O–H groups in total. The normalized spacial score (nSPS) is 31.6. The van der Waals surface area contributed by atoms with Crippen molar-refractivity contribution in [2.75, 3.05) is 0 Å². The number of hydrogen-bond donors (Lipinski definition) is 0. The van der Waals surface area contributed by atoms with Crippen molar-refractivity contribution in [3.63, 3.8) is 0 Å². The van der Waals surface area contributed by atoms with Crippen molar-refractivity contribution in [1.82, 2.24) is 0 Å². The topological polar surface area (TPSA) is 29.4 Å². The third kappa shape index (κ3) is 2.72. The number of carbonyl (C=O) groups excluding carboxylic acids is 1. The minimum absolute atomic E-state index is 0.138. The molecule has 2 nitrogen and oxygen atoms in total. The third-order valence-electron chi connectivity index (χ3n) is 6.80. The van der Waals surface area contributed by atoms with Crippen LogP contribution < -0.4 is 0 Å². The van der Waals surface area contributed by atoms with Crippen LogP contribution in [-0.2, 0) is 4.79 Å². The Labute approximate surface area is 155 Å². The van der Waals surface area contributed by atoms with Crippen molar-refractivity contribution < 1.29 is 4.79 Å². The van der Waals surface area contributed by atoms with E-state index in [1.54, 1.807) is 0 Å². The SMILES string of the molecule is O=C(N=C(c1ccccc1)c1ccccc1)C12CC3CC(CC(C3)C1)C2. The van der Waals surface area contributed by atoms with Crippen molar-refractivity contribution in [2.45, 2.75) is 38.5 Å². The van der Waals surface area contributed by atoms with Crippen LogP contribution in [0.3, 0.4) is 0 Å². The predicted octanol–water partition coefficient (Wildman–Crippen LogP) is 5.27. The summed E-state index contributed by atoms with van der Waals surface area (Å²) < 4.78 is 0. The van der Waals surface area contributed by atoms with Gasteiger partial charge in [-0.3, -0.25) is 4.79 Å². The molecule has 0 spiro atoms. The Balaban J connectivity index is 1.54. The zero-order valence-corrected chi connectivity index (χ0v) is 15.1. The predicted molar refractivity (Wildman–Crippen MR) is 104 cm³/mol. The van der Waals surface area contributed by atoms with Gasteiger partial charge >= 0.3 is 0 Å². The highest BCUT2D eigenvalue weighted by Crippen LogP contribution is 2.60. The number of rotatable bonds is 3. The fraction of sp³-hybridized carbons (Fsp3) is 0.417. The van der Waals surface area contributed by atoms with Gasteiger partial charge in [-0.1, -0.05) is 60.7 Å². The number of nitrogens with zero attached hydrogens (tertiary/aromatic N) is 1. The minimum atomic E-state index is -0.177. The zero-order valence-electron chi connectivity index (χ0n) is 15.1. The molecular formula is C24H25NO. The van der Waals surface area contributed by atoms with Crippen LogP contribution in [0.5, 0.6) is 0 Å². The van der Waals surface area contributed by atoms with Gasteiger partial charge < -0.3 is 0 Å². The highest BCUT2D eigenvalue weighted by molar-refractivity contribution is 6.17. The fourth-order valence-electron chi connectivity index (χ4n) is 6.08. The molecule has 26 heavy (non-hydrogen) atoms. The lowest BCUT2D eigenvalue weighted by Crippen LogP contribution is -2.49. The zero-order chi connectivity index (χ0) is 17.6. The Hall–Kier alpha value is -2.22. The molecule has 4 fully saturated rings. The average molecular weight is 343 g/mol. The van der Waals surface area contributed by atoms with Gasteiger partial charge in [-0.15, -0.1) is 0 Å². The van der Waals surface area contributed by atoms with Crippen LogP contribution in [-0.4, -0.2) is 11.6 Å². The molecule has 0 unspecified atom stereocenters. The van der Waals surface area contributed by atoms with E-state index in [0.29, 0.717) is 0 Å². The highest BCUT2D eigenvalue weighted by Gasteiger charge is 2.54. The molecule has 0 atom stereocenters. The van der Waals surface area contributed by atoms with Crippen molar-refractivity contribution >= 4 is 11.6 Å². The molecular weight excluding hydrogens is 318 g/mol. The number of benzene rings is 2. The summed E-state index contributed by atoms with van der Waals surface area (Å²) in [4.78, 5) is 18.3. The van der Waals surface area contributed by atoms with Crippen LogP contribution in [0.15, 0.2) is 65.7 Å². The summed E-state index contributed by atoms with van der Waals surface area (Å²) in [5.74, 6) is 2.42. The maximum atomic E-state index is 13.5. The molecule has 0 radical (unpaired) electrons. The fourth-order valence-corrected chi connectivity index (χ4v) is 6.08. The van der Waals surface area contributed by atoms with E-state index in [2.05, 4.69) is 24.3 Å². The van der Waals surface area contributed by atoms with Crippen LogP contribution in [0.4, 0.5) is 0 Å². The van der Waals surface area contributed by atoms with Crippen LogP contribution in [0.25, 0.3) is 0 Å². The maximum Gasteiger partial charge on any atom is 0.252 e. The molecule has 2 aromatic rings. The van der Waals surface area contributed by atoms with Gasteiger partial charge in [0.1, 0.15) is 0 Å². The number of carbonyl (C=O) groups is 1. The first kappa shape index (κ1) is 16.0. The van der Waals surface area contributed by atoms with E-state index in [0.717, 1.165) is 53.9 Å². The van der Waals surface area contributed by atoms with Gasteiger partial charge in [0.2, 0.25) is 0 Å². The Morgan fingerprint density at radius 1 is 0.731 bits per heavy atom. The van der Waals surface area contributed by atoms with Crippen molar-refractivity contribution in [3.8, 4) is 0 Å². The van der Waals surface area contributed by atoms with E-state index < -0.39 is 0 Å². The summed E-state index contributed by atoms with van der Waals surface area (Å²) in [5.41, 5.74) is 2.70. The van der Waals surface area contributed by atoms with Crippen molar-refractivity contribution in [1.29, 1.82) is 0 Å². The molecule has 0 heterocycles. The average Bonchev–Trinajstić information content (AvgIpc) is 2.66. The molecule has 4 saturated carbocycles. The lowest BCUT2D eigenvalue weighted by Gasteiger charge is -2.55. The smallest absolute Gasteiger partial charge is 0.252 e. The molecule has 6 rings (SSSR count). The summed E-state index contributed by atoms with van der Waals surface area (Å²) in [7, 11) is 0. The molecule has 4 aliphatic rings. The summed E-state index contributed by atoms with van der Waals surface area (Å²) in [5, 5.41) is 0. The molecule has 0 saturated heterocycles. The second kappa shape index (κ2) is 6.19. The largest absolute Gasteiger partial charge is 0.272 e. The Kier molecular flexibility index (Phi) is 3.81. The van der Waals surface area contributed by atoms with Crippen LogP contribution in [0, 0.1) is 23.2 Å². The number of aliphatic imine (C=N–C) groups is 1. The van der Waals surface area contributed by atoms with Gasteiger partial charge in [-0.2, -0.15) is 0 Å². The van der Waals surface area contributed by atoms with E-state index in [4.69, 9.17) is 4.99 Å². The second-order valence-electron chi connectivity index (χ2n) is 8.70. The van der Waals surface area contributed by atoms with Gasteiger partial charge in [-0.05, 0) is 56.3 Å². The van der Waals surface area contributed by atoms with E-state index in [1.807, 2.05) is 36.4 Å². The lowest BCUT2D eigenvalue weighted by atomic mass is 9.49. The first-order valence-corrected chi connectivity index (χ1v) is 9.96. The first-order chi connectivity index (χ1) is 12.7. The molecule has 0 aromatic heterocycles. The molecule has 2 heteroatoms. The summed E-state index contributed by atoms with van der Waals surface area (Å²) in [6, 6.07) is 20.3. The van der Waals surface area contributed by atoms with Gasteiger partial charge in [-0.25, -0.2) is 4.99 Å². The van der Waals surface area contributed by atoms with Crippen molar-refractivity contribution in [3.05, 3.63) is 71.8 Å².